The van der Waals surface area contributed by atoms with Crippen LogP contribution in [0.4, 0.5) is 0 Å². The van der Waals surface area contributed by atoms with Crippen LogP contribution in [0.5, 0.6) is 0 Å². The molecule has 0 fully saturated rings. The van der Waals surface area contributed by atoms with Crippen LogP contribution >= 0.6 is 0 Å². The van der Waals surface area contributed by atoms with Crippen molar-refractivity contribution in [2.45, 2.75) is 19.3 Å². The highest BCUT2D eigenvalue weighted by Gasteiger charge is 2.36. The Morgan fingerprint density at radius 3 is 2.15 bits per heavy atom. The monoisotopic (exact) mass is 603 g/mol. The Bertz CT molecular complexity index is 2710. The van der Waals surface area contributed by atoms with Gasteiger partial charge in [-0.2, -0.15) is 0 Å². The van der Waals surface area contributed by atoms with Crippen molar-refractivity contribution >= 4 is 43.7 Å². The maximum atomic E-state index is 6.28. The van der Waals surface area contributed by atoms with Crippen LogP contribution in [0.25, 0.3) is 83.3 Å². The molecule has 0 atom stereocenters. The van der Waals surface area contributed by atoms with Crippen LogP contribution in [-0.2, 0) is 5.41 Å². The lowest BCUT2D eigenvalue weighted by Gasteiger charge is -2.21. The van der Waals surface area contributed by atoms with E-state index in [-0.39, 0.29) is 5.41 Å². The van der Waals surface area contributed by atoms with Gasteiger partial charge >= 0.3 is 0 Å². The number of benzene rings is 6. The van der Waals surface area contributed by atoms with Crippen LogP contribution in [0.1, 0.15) is 25.0 Å². The highest BCUT2D eigenvalue weighted by atomic mass is 16.3. The van der Waals surface area contributed by atoms with Gasteiger partial charge in [-0.15, -0.1) is 0 Å². The lowest BCUT2D eigenvalue weighted by atomic mass is 9.82. The number of para-hydroxylation sites is 2. The Morgan fingerprint density at radius 2 is 1.26 bits per heavy atom. The third kappa shape index (κ3) is 3.70. The van der Waals surface area contributed by atoms with Crippen molar-refractivity contribution in [1.82, 2.24) is 14.5 Å². The number of rotatable bonds is 3. The Hall–Kier alpha value is -6.00. The zero-order valence-corrected chi connectivity index (χ0v) is 26.0. The van der Waals surface area contributed by atoms with Gasteiger partial charge in [0.15, 0.2) is 5.82 Å². The van der Waals surface area contributed by atoms with E-state index in [1.165, 1.54) is 33.0 Å². The largest absolute Gasteiger partial charge is 0.456 e. The first-order valence-corrected chi connectivity index (χ1v) is 16.1. The normalized spacial score (nSPS) is 13.5. The van der Waals surface area contributed by atoms with Gasteiger partial charge in [-0.25, -0.2) is 9.97 Å². The van der Waals surface area contributed by atoms with E-state index < -0.39 is 0 Å². The Morgan fingerprint density at radius 1 is 0.532 bits per heavy atom. The molecule has 1 aliphatic carbocycles. The predicted octanol–water partition coefficient (Wildman–Crippen LogP) is 11.1. The van der Waals surface area contributed by atoms with Gasteiger partial charge in [0.25, 0.3) is 0 Å². The molecule has 0 unspecified atom stereocenters. The van der Waals surface area contributed by atoms with Gasteiger partial charge in [-0.05, 0) is 52.6 Å². The minimum Gasteiger partial charge on any atom is -0.456 e. The maximum absolute atomic E-state index is 6.28. The summed E-state index contributed by atoms with van der Waals surface area (Å²) < 4.78 is 8.60. The maximum Gasteiger partial charge on any atom is 0.162 e. The Balaban J connectivity index is 1.30. The number of hydrogen-bond donors (Lipinski definition) is 0. The summed E-state index contributed by atoms with van der Waals surface area (Å²) in [4.78, 5) is 10.6. The summed E-state index contributed by atoms with van der Waals surface area (Å²) in [5, 5.41) is 4.51. The first-order chi connectivity index (χ1) is 23.1. The molecule has 0 N–H and O–H groups in total. The molecule has 10 rings (SSSR count). The first-order valence-electron chi connectivity index (χ1n) is 16.1. The molecule has 0 saturated carbocycles. The van der Waals surface area contributed by atoms with Crippen molar-refractivity contribution in [3.63, 3.8) is 0 Å². The standard InChI is InChI=1S/C43H29N3O/c1-43(2)33-19-9-6-15-27(33)31-23-32-28-16-7-10-20-36(28)46(37(32)24-34(31)43)40-25-35(26-13-4-3-5-14-26)44-42(45-40)30-18-12-22-39-41(30)29-17-8-11-21-38(29)47-39/h3-25H,1-2H3. The van der Waals surface area contributed by atoms with Crippen LogP contribution < -0.4 is 0 Å². The topological polar surface area (TPSA) is 43.9 Å². The molecule has 0 saturated heterocycles. The van der Waals surface area contributed by atoms with Crippen molar-refractivity contribution < 1.29 is 4.42 Å². The van der Waals surface area contributed by atoms with Crippen molar-refractivity contribution in [2.24, 2.45) is 0 Å². The van der Waals surface area contributed by atoms with Crippen molar-refractivity contribution in [3.05, 3.63) is 151 Å². The molecular formula is C43H29N3O. The van der Waals surface area contributed by atoms with Gasteiger partial charge in [-0.3, -0.25) is 4.57 Å². The summed E-state index contributed by atoms with van der Waals surface area (Å²) in [6.45, 7) is 4.67. The van der Waals surface area contributed by atoms with Gasteiger partial charge in [0.2, 0.25) is 0 Å². The van der Waals surface area contributed by atoms with Crippen LogP contribution in [0.2, 0.25) is 0 Å². The van der Waals surface area contributed by atoms with Gasteiger partial charge in [0.1, 0.15) is 17.0 Å². The molecule has 0 aliphatic heterocycles. The summed E-state index contributed by atoms with van der Waals surface area (Å²) in [6, 6.07) is 49.2. The lowest BCUT2D eigenvalue weighted by molar-refractivity contribution is 0.661. The van der Waals surface area contributed by atoms with Crippen molar-refractivity contribution in [1.29, 1.82) is 0 Å². The van der Waals surface area contributed by atoms with E-state index in [1.807, 2.05) is 30.3 Å². The number of aromatic nitrogens is 3. The second kappa shape index (κ2) is 9.51. The van der Waals surface area contributed by atoms with E-state index in [2.05, 4.69) is 128 Å². The number of hydrogen-bond acceptors (Lipinski definition) is 3. The fourth-order valence-electron chi connectivity index (χ4n) is 7.80. The molecule has 1 aliphatic rings. The van der Waals surface area contributed by atoms with Gasteiger partial charge in [0.05, 0.1) is 16.7 Å². The third-order valence-electron chi connectivity index (χ3n) is 10.0. The number of furan rings is 1. The lowest BCUT2D eigenvalue weighted by Crippen LogP contribution is -2.15. The predicted molar refractivity (Wildman–Crippen MR) is 192 cm³/mol. The molecular weight excluding hydrogens is 574 g/mol. The minimum atomic E-state index is -0.120. The fourth-order valence-corrected chi connectivity index (χ4v) is 7.80. The second-order valence-corrected chi connectivity index (χ2v) is 13.0. The Kier molecular flexibility index (Phi) is 5.31. The average Bonchev–Trinajstić information content (AvgIpc) is 3.73. The third-order valence-corrected chi connectivity index (χ3v) is 10.0. The van der Waals surface area contributed by atoms with Crippen LogP contribution in [-0.4, -0.2) is 14.5 Å². The van der Waals surface area contributed by atoms with E-state index >= 15 is 0 Å². The zero-order chi connectivity index (χ0) is 31.3. The summed E-state index contributed by atoms with van der Waals surface area (Å²) in [5.74, 6) is 1.50. The molecule has 222 valence electrons. The smallest absolute Gasteiger partial charge is 0.162 e. The molecule has 0 amide bonds. The fraction of sp³-hybridized carbons (Fsp3) is 0.0698. The molecule has 6 aromatic carbocycles. The molecule has 9 aromatic rings. The van der Waals surface area contributed by atoms with Crippen LogP contribution in [0, 0.1) is 0 Å². The summed E-state index contributed by atoms with van der Waals surface area (Å²) >= 11 is 0. The van der Waals surface area contributed by atoms with Crippen molar-refractivity contribution in [2.75, 3.05) is 0 Å². The van der Waals surface area contributed by atoms with Crippen LogP contribution in [0.15, 0.2) is 144 Å². The van der Waals surface area contributed by atoms with E-state index in [1.54, 1.807) is 0 Å². The molecule has 4 heteroatoms. The van der Waals surface area contributed by atoms with Gasteiger partial charge in [0, 0.05) is 44.2 Å². The van der Waals surface area contributed by atoms with Crippen molar-refractivity contribution in [3.8, 4) is 39.6 Å². The zero-order valence-electron chi connectivity index (χ0n) is 26.0. The summed E-state index contributed by atoms with van der Waals surface area (Å²) in [5.41, 5.74) is 12.0. The number of nitrogens with zero attached hydrogens (tertiary/aromatic N) is 3. The average molecular weight is 604 g/mol. The van der Waals surface area contributed by atoms with Gasteiger partial charge in [-0.1, -0.05) is 117 Å². The van der Waals surface area contributed by atoms with Crippen LogP contribution in [0.3, 0.4) is 0 Å². The number of fused-ring (bicyclic) bond motifs is 9. The van der Waals surface area contributed by atoms with E-state index in [0.29, 0.717) is 5.82 Å². The molecule has 0 bridgehead atoms. The van der Waals surface area contributed by atoms with E-state index in [9.17, 15) is 0 Å². The first kappa shape index (κ1) is 26.2. The molecule has 47 heavy (non-hydrogen) atoms. The highest BCUT2D eigenvalue weighted by Crippen LogP contribution is 2.51. The molecule has 3 aromatic heterocycles. The van der Waals surface area contributed by atoms with E-state index in [4.69, 9.17) is 14.4 Å². The minimum absolute atomic E-state index is 0.120. The summed E-state index contributed by atoms with van der Waals surface area (Å²) in [7, 11) is 0. The van der Waals surface area contributed by atoms with Gasteiger partial charge < -0.3 is 4.42 Å². The summed E-state index contributed by atoms with van der Waals surface area (Å²) in [6.07, 6.45) is 0. The Labute approximate surface area is 271 Å². The molecule has 0 spiro atoms. The second-order valence-electron chi connectivity index (χ2n) is 13.0. The molecule has 4 nitrogen and oxygen atoms in total. The SMILES string of the molecule is CC1(C)c2ccccc2-c2cc3c4ccccc4n(-c4cc(-c5ccccc5)nc(-c5cccc6oc7ccccc7c56)n4)c3cc21. The molecule has 3 heterocycles. The van der Waals surface area contributed by atoms with E-state index in [0.717, 1.165) is 55.6 Å². The highest BCUT2D eigenvalue weighted by molar-refractivity contribution is 6.13. The molecule has 0 radical (unpaired) electrons. The quantitative estimate of drug-likeness (QED) is 0.202.